The topological polar surface area (TPSA) is 46.5 Å². The summed E-state index contributed by atoms with van der Waals surface area (Å²) >= 11 is 0. The van der Waals surface area contributed by atoms with Crippen LogP contribution in [-0.4, -0.2) is 23.8 Å². The molecule has 1 N–H and O–H groups in total. The van der Waals surface area contributed by atoms with Crippen LogP contribution < -0.4 is 0 Å². The maximum absolute atomic E-state index is 11.2. The molecule has 0 spiro atoms. The van der Waals surface area contributed by atoms with Gasteiger partial charge in [-0.25, -0.2) is 4.79 Å². The average molecular weight is 286 g/mol. The van der Waals surface area contributed by atoms with E-state index in [0.29, 0.717) is 13.0 Å². The van der Waals surface area contributed by atoms with Crippen LogP contribution in [0.25, 0.3) is 0 Å². The van der Waals surface area contributed by atoms with E-state index in [1.54, 1.807) is 6.92 Å². The zero-order valence-corrected chi connectivity index (χ0v) is 13.5. The number of ether oxygens (including phenoxy) is 1. The molecule has 0 aliphatic heterocycles. The van der Waals surface area contributed by atoms with Gasteiger partial charge < -0.3 is 9.84 Å². The second-order valence-corrected chi connectivity index (χ2v) is 5.59. The van der Waals surface area contributed by atoms with Gasteiger partial charge >= 0.3 is 5.97 Å². The van der Waals surface area contributed by atoms with Crippen molar-refractivity contribution in [1.82, 2.24) is 0 Å². The Labute approximate surface area is 125 Å². The summed E-state index contributed by atoms with van der Waals surface area (Å²) in [5.74, 6) is -0.473. The molecule has 0 fully saturated rings. The van der Waals surface area contributed by atoms with Crippen LogP contribution in [-0.2, 0) is 9.53 Å². The minimum absolute atomic E-state index is 0.341. The highest BCUT2D eigenvalue weighted by Gasteiger charge is 2.14. The van der Waals surface area contributed by atoms with Crippen LogP contribution in [0, 0.1) is 0 Å². The Kier molecular flexibility index (Phi) is 14.4. The van der Waals surface area contributed by atoms with Crippen LogP contribution >= 0.6 is 0 Å². The molecule has 0 heterocycles. The summed E-state index contributed by atoms with van der Waals surface area (Å²) in [4.78, 5) is 11.2. The van der Waals surface area contributed by atoms with Crippen molar-refractivity contribution >= 4 is 5.97 Å². The first-order valence-electron chi connectivity index (χ1n) is 8.57. The molecule has 0 saturated heterocycles. The fraction of sp³-hybridized carbons (Fsp3) is 0.941. The molecule has 120 valence electrons. The van der Waals surface area contributed by atoms with E-state index >= 15 is 0 Å². The Balaban J connectivity index is 3.18. The summed E-state index contributed by atoms with van der Waals surface area (Å²) in [5.41, 5.74) is 0. The molecule has 0 aliphatic carbocycles. The zero-order valence-electron chi connectivity index (χ0n) is 13.5. The Bertz CT molecular complexity index is 216. The number of aliphatic hydroxyl groups excluding tert-OH is 1. The van der Waals surface area contributed by atoms with Gasteiger partial charge in [-0.05, 0) is 13.3 Å². The second-order valence-electron chi connectivity index (χ2n) is 5.59. The number of rotatable bonds is 14. The summed E-state index contributed by atoms with van der Waals surface area (Å²) in [7, 11) is 0. The molecular weight excluding hydrogens is 252 g/mol. The fourth-order valence-electron chi connectivity index (χ4n) is 2.36. The lowest BCUT2D eigenvalue weighted by atomic mass is 10.0. The number of esters is 1. The van der Waals surface area contributed by atoms with Gasteiger partial charge in [-0.2, -0.15) is 0 Å². The quantitative estimate of drug-likeness (QED) is 0.374. The summed E-state index contributed by atoms with van der Waals surface area (Å²) < 4.78 is 4.77. The largest absolute Gasteiger partial charge is 0.464 e. The molecule has 0 aromatic rings. The van der Waals surface area contributed by atoms with Crippen molar-refractivity contribution in [1.29, 1.82) is 0 Å². The molecule has 0 aromatic heterocycles. The molecule has 0 aromatic carbocycles. The normalized spacial score (nSPS) is 12.3. The molecule has 3 nitrogen and oxygen atoms in total. The number of carbonyl (C=O) groups excluding carboxylic acids is 1. The van der Waals surface area contributed by atoms with Crippen molar-refractivity contribution in [3.63, 3.8) is 0 Å². The molecule has 0 bridgehead atoms. The standard InChI is InChI=1S/C17H34O3/c1-3-5-6-7-8-9-10-11-12-13-14-15-16(18)17(19)20-4-2/h16,18H,3-15H2,1-2H3. The van der Waals surface area contributed by atoms with Gasteiger partial charge in [0.25, 0.3) is 0 Å². The number of hydrogen-bond acceptors (Lipinski definition) is 3. The Morgan fingerprint density at radius 3 is 1.75 bits per heavy atom. The van der Waals surface area contributed by atoms with E-state index < -0.39 is 12.1 Å². The van der Waals surface area contributed by atoms with Gasteiger partial charge in [-0.3, -0.25) is 0 Å². The smallest absolute Gasteiger partial charge is 0.334 e. The summed E-state index contributed by atoms with van der Waals surface area (Å²) in [6.07, 6.45) is 13.7. The number of unbranched alkanes of at least 4 members (excludes halogenated alkanes) is 10. The number of carbonyl (C=O) groups is 1. The Morgan fingerprint density at radius 2 is 1.30 bits per heavy atom. The summed E-state index contributed by atoms with van der Waals surface area (Å²) in [6.45, 7) is 4.35. The van der Waals surface area contributed by atoms with Crippen molar-refractivity contribution in [3.05, 3.63) is 0 Å². The van der Waals surface area contributed by atoms with Gasteiger partial charge in [0.15, 0.2) is 6.10 Å². The van der Waals surface area contributed by atoms with E-state index in [0.717, 1.165) is 12.8 Å². The fourth-order valence-corrected chi connectivity index (χ4v) is 2.36. The highest BCUT2D eigenvalue weighted by molar-refractivity contribution is 5.74. The number of aliphatic hydroxyl groups is 1. The first kappa shape index (κ1) is 19.4. The molecular formula is C17H34O3. The predicted octanol–water partition coefficient (Wildman–Crippen LogP) is 4.61. The predicted molar refractivity (Wildman–Crippen MR) is 83.7 cm³/mol. The summed E-state index contributed by atoms with van der Waals surface area (Å²) in [5, 5.41) is 9.52. The maximum Gasteiger partial charge on any atom is 0.334 e. The van der Waals surface area contributed by atoms with Gasteiger partial charge in [0, 0.05) is 0 Å². The van der Waals surface area contributed by atoms with Crippen LogP contribution in [0.15, 0.2) is 0 Å². The van der Waals surface area contributed by atoms with Crippen LogP contribution in [0.4, 0.5) is 0 Å². The molecule has 1 unspecified atom stereocenters. The van der Waals surface area contributed by atoms with Gasteiger partial charge in [-0.15, -0.1) is 0 Å². The van der Waals surface area contributed by atoms with E-state index in [9.17, 15) is 9.90 Å². The molecule has 0 radical (unpaired) electrons. The minimum atomic E-state index is -0.923. The molecule has 1 atom stereocenters. The lowest BCUT2D eigenvalue weighted by Crippen LogP contribution is -2.22. The van der Waals surface area contributed by atoms with Crippen molar-refractivity contribution in [2.45, 2.75) is 97.0 Å². The minimum Gasteiger partial charge on any atom is -0.464 e. The van der Waals surface area contributed by atoms with Crippen LogP contribution in [0.3, 0.4) is 0 Å². The average Bonchev–Trinajstić information content (AvgIpc) is 2.44. The van der Waals surface area contributed by atoms with Gasteiger partial charge in [0.2, 0.25) is 0 Å². The molecule has 20 heavy (non-hydrogen) atoms. The lowest BCUT2D eigenvalue weighted by molar-refractivity contribution is -0.153. The van der Waals surface area contributed by atoms with Crippen LogP contribution in [0.1, 0.15) is 90.9 Å². The van der Waals surface area contributed by atoms with Gasteiger partial charge in [0.05, 0.1) is 6.61 Å². The monoisotopic (exact) mass is 286 g/mol. The Hall–Kier alpha value is -0.570. The van der Waals surface area contributed by atoms with Gasteiger partial charge in [0.1, 0.15) is 0 Å². The van der Waals surface area contributed by atoms with E-state index in [1.807, 2.05) is 0 Å². The van der Waals surface area contributed by atoms with Crippen molar-refractivity contribution in [2.24, 2.45) is 0 Å². The third kappa shape index (κ3) is 12.5. The van der Waals surface area contributed by atoms with E-state index in [4.69, 9.17) is 4.74 Å². The lowest BCUT2D eigenvalue weighted by Gasteiger charge is -2.09. The molecule has 0 rings (SSSR count). The van der Waals surface area contributed by atoms with E-state index in [1.165, 1.54) is 57.8 Å². The van der Waals surface area contributed by atoms with Crippen LogP contribution in [0.2, 0.25) is 0 Å². The van der Waals surface area contributed by atoms with Crippen molar-refractivity contribution in [2.75, 3.05) is 6.61 Å². The highest BCUT2D eigenvalue weighted by atomic mass is 16.5. The second kappa shape index (κ2) is 14.8. The zero-order chi connectivity index (χ0) is 15.1. The van der Waals surface area contributed by atoms with Crippen molar-refractivity contribution < 1.29 is 14.6 Å². The third-order valence-corrected chi connectivity index (χ3v) is 3.64. The SMILES string of the molecule is CCCCCCCCCCCCCC(O)C(=O)OCC. The summed E-state index contributed by atoms with van der Waals surface area (Å²) in [6, 6.07) is 0. The highest BCUT2D eigenvalue weighted by Crippen LogP contribution is 2.12. The van der Waals surface area contributed by atoms with E-state index in [-0.39, 0.29) is 0 Å². The number of hydrogen-bond donors (Lipinski definition) is 1. The molecule has 0 saturated carbocycles. The van der Waals surface area contributed by atoms with Crippen LogP contribution in [0.5, 0.6) is 0 Å². The first-order valence-corrected chi connectivity index (χ1v) is 8.57. The van der Waals surface area contributed by atoms with Crippen molar-refractivity contribution in [3.8, 4) is 0 Å². The first-order chi connectivity index (χ1) is 9.72. The molecule has 3 heteroatoms. The van der Waals surface area contributed by atoms with Gasteiger partial charge in [-0.1, -0.05) is 77.6 Å². The maximum atomic E-state index is 11.2. The third-order valence-electron chi connectivity index (χ3n) is 3.64. The Morgan fingerprint density at radius 1 is 0.850 bits per heavy atom. The van der Waals surface area contributed by atoms with E-state index in [2.05, 4.69) is 6.92 Å². The molecule has 0 aliphatic rings. The molecule has 0 amide bonds.